The van der Waals surface area contributed by atoms with Crippen molar-refractivity contribution >= 4 is 23.5 Å². The number of quaternary nitrogens is 1. The first-order valence-corrected chi connectivity index (χ1v) is 13.0. The van der Waals surface area contributed by atoms with Gasteiger partial charge in [0.2, 0.25) is 0 Å². The molecule has 0 spiro atoms. The molecular weight excluding hydrogens is 466 g/mol. The highest BCUT2D eigenvalue weighted by molar-refractivity contribution is 7.99. The van der Waals surface area contributed by atoms with E-state index in [0.717, 1.165) is 42.8 Å². The molecule has 2 bridgehead atoms. The van der Waals surface area contributed by atoms with Crippen LogP contribution in [0.15, 0.2) is 83.8 Å². The summed E-state index contributed by atoms with van der Waals surface area (Å²) in [7, 11) is 0. The predicted molar refractivity (Wildman–Crippen MR) is 134 cm³/mol. The fourth-order valence-electron chi connectivity index (χ4n) is 5.15. The van der Waals surface area contributed by atoms with Gasteiger partial charge in [-0.3, -0.25) is 4.90 Å². The van der Waals surface area contributed by atoms with Crippen LogP contribution in [0, 0.1) is 17.6 Å². The second-order valence-electron chi connectivity index (χ2n) is 9.48. The molecule has 4 nitrogen and oxygen atoms in total. The summed E-state index contributed by atoms with van der Waals surface area (Å²) in [5.74, 6) is 0.415. The van der Waals surface area contributed by atoms with E-state index in [4.69, 9.17) is 4.74 Å². The van der Waals surface area contributed by atoms with E-state index < -0.39 is 11.9 Å². The van der Waals surface area contributed by atoms with Crippen molar-refractivity contribution in [3.63, 3.8) is 0 Å². The zero-order valence-electron chi connectivity index (χ0n) is 19.5. The van der Waals surface area contributed by atoms with Gasteiger partial charge < -0.3 is 9.22 Å². The van der Waals surface area contributed by atoms with Crippen LogP contribution in [0.3, 0.4) is 0 Å². The minimum absolute atomic E-state index is 0.0985. The second kappa shape index (κ2) is 10.4. The maximum Gasteiger partial charge on any atom is 0.415 e. The van der Waals surface area contributed by atoms with Crippen LogP contribution in [0.4, 0.5) is 19.3 Å². The fourth-order valence-corrected chi connectivity index (χ4v) is 6.28. The summed E-state index contributed by atoms with van der Waals surface area (Å²) in [6, 6.07) is 22.4. The summed E-state index contributed by atoms with van der Waals surface area (Å²) in [6.45, 7) is 3.05. The van der Waals surface area contributed by atoms with E-state index in [1.807, 2.05) is 30.0 Å². The van der Waals surface area contributed by atoms with Crippen LogP contribution >= 0.6 is 11.8 Å². The summed E-state index contributed by atoms with van der Waals surface area (Å²) in [5, 5.41) is 0. The van der Waals surface area contributed by atoms with E-state index in [2.05, 4.69) is 12.1 Å². The zero-order valence-corrected chi connectivity index (χ0v) is 20.3. The van der Waals surface area contributed by atoms with Crippen molar-refractivity contribution in [2.24, 2.45) is 5.92 Å². The number of rotatable bonds is 7. The lowest BCUT2D eigenvalue weighted by Crippen LogP contribution is -2.64. The molecule has 3 aliphatic heterocycles. The molecule has 7 heteroatoms. The van der Waals surface area contributed by atoms with Crippen molar-refractivity contribution in [1.29, 1.82) is 0 Å². The third-order valence-electron chi connectivity index (χ3n) is 7.16. The third-order valence-corrected chi connectivity index (χ3v) is 8.44. The Morgan fingerprint density at radius 3 is 2.34 bits per heavy atom. The van der Waals surface area contributed by atoms with Crippen LogP contribution in [0.5, 0.6) is 0 Å². The lowest BCUT2D eigenvalue weighted by Gasteiger charge is -2.51. The van der Waals surface area contributed by atoms with Gasteiger partial charge in [0.1, 0.15) is 24.1 Å². The van der Waals surface area contributed by atoms with Crippen LogP contribution in [0.25, 0.3) is 0 Å². The topological polar surface area (TPSA) is 29.5 Å². The molecule has 182 valence electrons. The average molecular weight is 496 g/mol. The van der Waals surface area contributed by atoms with Crippen molar-refractivity contribution in [2.75, 3.05) is 30.4 Å². The van der Waals surface area contributed by atoms with Crippen molar-refractivity contribution < 1.29 is 22.8 Å². The second-order valence-corrected chi connectivity index (χ2v) is 10.5. The number of ether oxygens (including phenoxy) is 1. The van der Waals surface area contributed by atoms with Crippen LogP contribution in [0.2, 0.25) is 0 Å². The lowest BCUT2D eigenvalue weighted by atomic mass is 9.84. The summed E-state index contributed by atoms with van der Waals surface area (Å²) < 4.78 is 35.1. The van der Waals surface area contributed by atoms with Crippen molar-refractivity contribution in [3.8, 4) is 0 Å². The Bertz CT molecular complexity index is 1150. The van der Waals surface area contributed by atoms with Gasteiger partial charge in [-0.15, -0.1) is 0 Å². The van der Waals surface area contributed by atoms with Crippen molar-refractivity contribution in [3.05, 3.63) is 96.1 Å². The molecule has 3 aromatic rings. The molecule has 6 rings (SSSR count). The number of halogens is 2. The zero-order chi connectivity index (χ0) is 24.3. The Hall–Kier alpha value is -2.90. The molecule has 1 atom stereocenters. The Morgan fingerprint density at radius 1 is 0.943 bits per heavy atom. The summed E-state index contributed by atoms with van der Waals surface area (Å²) in [6.07, 6.45) is 1.27. The van der Waals surface area contributed by atoms with Crippen LogP contribution < -0.4 is 4.90 Å². The van der Waals surface area contributed by atoms with E-state index in [-0.39, 0.29) is 24.2 Å². The van der Waals surface area contributed by atoms with Gasteiger partial charge in [-0.2, -0.15) is 0 Å². The van der Waals surface area contributed by atoms with Gasteiger partial charge >= 0.3 is 6.09 Å². The monoisotopic (exact) mass is 495 g/mol. The molecule has 1 unspecified atom stereocenters. The number of piperidine rings is 3. The number of hydrogen-bond acceptors (Lipinski definition) is 3. The quantitative estimate of drug-likeness (QED) is 0.278. The van der Waals surface area contributed by atoms with E-state index in [9.17, 15) is 13.6 Å². The largest absolute Gasteiger partial charge is 0.440 e. The first-order chi connectivity index (χ1) is 17.0. The molecule has 3 fully saturated rings. The third kappa shape index (κ3) is 5.52. The number of fused-ring (bicyclic) bond motifs is 3. The predicted octanol–water partition coefficient (Wildman–Crippen LogP) is 6.47. The SMILES string of the molecule is O=C(OC1C[N+]2(CSc3ccccc3)CCC1CC2)N(Cc1ccc(F)cc1)c1ccccc1F. The molecule has 35 heavy (non-hydrogen) atoms. The number of anilines is 1. The average Bonchev–Trinajstić information content (AvgIpc) is 2.89. The van der Waals surface area contributed by atoms with Gasteiger partial charge in [0.05, 0.1) is 25.3 Å². The van der Waals surface area contributed by atoms with Crippen LogP contribution in [-0.4, -0.2) is 42.2 Å². The molecule has 1 amide bonds. The highest BCUT2D eigenvalue weighted by Crippen LogP contribution is 2.38. The van der Waals surface area contributed by atoms with Crippen LogP contribution in [0.1, 0.15) is 18.4 Å². The Kier molecular flexibility index (Phi) is 7.07. The Labute approximate surface area is 209 Å². The molecule has 3 heterocycles. The van der Waals surface area contributed by atoms with Crippen molar-refractivity contribution in [2.45, 2.75) is 30.4 Å². The molecule has 3 saturated heterocycles. The van der Waals surface area contributed by atoms with Crippen LogP contribution in [-0.2, 0) is 11.3 Å². The number of hydrogen-bond donors (Lipinski definition) is 0. The molecule has 3 aliphatic rings. The summed E-state index contributed by atoms with van der Waals surface area (Å²) >= 11 is 1.85. The number of para-hydroxylation sites is 1. The molecule has 0 N–H and O–H groups in total. The highest BCUT2D eigenvalue weighted by atomic mass is 32.2. The van der Waals surface area contributed by atoms with Gasteiger partial charge in [-0.05, 0) is 42.0 Å². The smallest absolute Gasteiger partial charge is 0.415 e. The van der Waals surface area contributed by atoms with Gasteiger partial charge in [-0.1, -0.05) is 54.2 Å². The molecular formula is C28H29F2N2O2S+. The van der Waals surface area contributed by atoms with Crippen molar-refractivity contribution in [1.82, 2.24) is 0 Å². The van der Waals surface area contributed by atoms with Gasteiger partial charge in [0.25, 0.3) is 0 Å². The molecule has 3 aromatic carbocycles. The number of amides is 1. The standard InChI is InChI=1S/C28H29F2N2O2S/c29-23-12-10-21(11-13-23)18-31(26-9-5-4-8-25(26)30)28(33)34-27-19-32(16-14-22(27)15-17-32)20-35-24-6-2-1-3-7-24/h1-13,22,27H,14-20H2/q+1. The van der Waals surface area contributed by atoms with Gasteiger partial charge in [-0.25, -0.2) is 13.6 Å². The van der Waals surface area contributed by atoms with E-state index in [1.54, 1.807) is 30.3 Å². The summed E-state index contributed by atoms with van der Waals surface area (Å²) in [4.78, 5) is 16.0. The number of carbonyl (C=O) groups is 1. The first kappa shape index (κ1) is 23.8. The minimum Gasteiger partial charge on any atom is -0.440 e. The maximum atomic E-state index is 14.7. The number of carbonyl (C=O) groups excluding carboxylic acids is 1. The number of nitrogens with zero attached hydrogens (tertiary/aromatic N) is 2. The molecule has 0 saturated carbocycles. The van der Waals surface area contributed by atoms with Gasteiger partial charge in [0, 0.05) is 23.7 Å². The maximum absolute atomic E-state index is 14.7. The first-order valence-electron chi connectivity index (χ1n) is 12.0. The van der Waals surface area contributed by atoms with E-state index in [1.165, 1.54) is 28.0 Å². The minimum atomic E-state index is -0.563. The molecule has 0 aromatic heterocycles. The fraction of sp³-hybridized carbons (Fsp3) is 0.321. The highest BCUT2D eigenvalue weighted by Gasteiger charge is 2.48. The molecule has 0 aliphatic carbocycles. The number of thioether (sulfide) groups is 1. The van der Waals surface area contributed by atoms with E-state index >= 15 is 0 Å². The number of benzene rings is 3. The normalized spacial score (nSPS) is 23.1. The molecule has 0 radical (unpaired) electrons. The Morgan fingerprint density at radius 2 is 1.63 bits per heavy atom. The van der Waals surface area contributed by atoms with Gasteiger partial charge in [0.15, 0.2) is 6.10 Å². The lowest BCUT2D eigenvalue weighted by molar-refractivity contribution is -0.934. The Balaban J connectivity index is 1.31. The summed E-state index contributed by atoms with van der Waals surface area (Å²) in [5.41, 5.74) is 0.856. The van der Waals surface area contributed by atoms with E-state index in [0.29, 0.717) is 11.5 Å².